The topological polar surface area (TPSA) is 68.9 Å². The first kappa shape index (κ1) is 21.7. The van der Waals surface area contributed by atoms with Crippen molar-refractivity contribution in [2.24, 2.45) is 10.7 Å². The zero-order valence-corrected chi connectivity index (χ0v) is 17.3. The van der Waals surface area contributed by atoms with Crippen molar-refractivity contribution < 1.29 is 9.47 Å². The first-order chi connectivity index (χ1) is 11.7. The molecule has 0 aromatic heterocycles. The number of hydrogen-bond donors (Lipinski definition) is 2. The van der Waals surface area contributed by atoms with E-state index in [2.05, 4.69) is 10.3 Å². The summed E-state index contributed by atoms with van der Waals surface area (Å²) in [7, 11) is 3.28. The first-order valence-corrected chi connectivity index (χ1v) is 7.94. The maximum Gasteiger partial charge on any atom is 0.193 e. The number of benzene rings is 2. The Bertz CT molecular complexity index is 698. The standard InChI is InChI=1S/C18H22ClN3O2.HI/c1-23-12-13-7-3-6-10-16(13)22-18(20)21-11-17(24-2)14-8-4-5-9-15(14)19;/h3-10,17H,11-12H2,1-2H3,(H3,20,21,22);1H. The van der Waals surface area contributed by atoms with Crippen LogP contribution >= 0.6 is 35.6 Å². The molecule has 0 aliphatic rings. The van der Waals surface area contributed by atoms with Crippen molar-refractivity contribution in [3.8, 4) is 0 Å². The van der Waals surface area contributed by atoms with E-state index in [1.165, 1.54) is 0 Å². The van der Waals surface area contributed by atoms with Crippen LogP contribution in [-0.4, -0.2) is 26.7 Å². The molecule has 0 aliphatic heterocycles. The van der Waals surface area contributed by atoms with Crippen LogP contribution in [0.5, 0.6) is 0 Å². The van der Waals surface area contributed by atoms with Gasteiger partial charge in [-0.05, 0) is 12.1 Å². The van der Waals surface area contributed by atoms with Gasteiger partial charge < -0.3 is 20.5 Å². The van der Waals surface area contributed by atoms with Gasteiger partial charge in [0, 0.05) is 36.1 Å². The fraction of sp³-hybridized carbons (Fsp3) is 0.278. The van der Waals surface area contributed by atoms with Crippen LogP contribution in [0.15, 0.2) is 53.5 Å². The summed E-state index contributed by atoms with van der Waals surface area (Å²) in [4.78, 5) is 4.37. The average molecular weight is 476 g/mol. The highest BCUT2D eigenvalue weighted by atomic mass is 127. The normalized spacial score (nSPS) is 12.4. The van der Waals surface area contributed by atoms with Crippen LogP contribution in [0.4, 0.5) is 5.69 Å². The molecular weight excluding hydrogens is 453 g/mol. The van der Waals surface area contributed by atoms with Crippen molar-refractivity contribution in [3.05, 3.63) is 64.7 Å². The summed E-state index contributed by atoms with van der Waals surface area (Å²) >= 11 is 6.21. The number of nitrogens with zero attached hydrogens (tertiary/aromatic N) is 1. The van der Waals surface area contributed by atoms with Crippen molar-refractivity contribution >= 4 is 47.2 Å². The fourth-order valence-electron chi connectivity index (χ4n) is 2.32. The van der Waals surface area contributed by atoms with Crippen LogP contribution in [0.1, 0.15) is 17.2 Å². The number of guanidine groups is 1. The fourth-order valence-corrected chi connectivity index (χ4v) is 2.58. The number of anilines is 1. The summed E-state index contributed by atoms with van der Waals surface area (Å²) in [6, 6.07) is 15.3. The SMILES string of the molecule is COCc1ccccc1NC(N)=NCC(OC)c1ccccc1Cl.I. The largest absolute Gasteiger partial charge is 0.380 e. The minimum Gasteiger partial charge on any atom is -0.380 e. The number of ether oxygens (including phenoxy) is 2. The van der Waals surface area contributed by atoms with Gasteiger partial charge in [0.25, 0.3) is 0 Å². The van der Waals surface area contributed by atoms with E-state index in [9.17, 15) is 0 Å². The van der Waals surface area contributed by atoms with Crippen molar-refractivity contribution in [2.45, 2.75) is 12.7 Å². The molecule has 0 radical (unpaired) electrons. The maximum atomic E-state index is 6.21. The molecule has 25 heavy (non-hydrogen) atoms. The number of hydrogen-bond acceptors (Lipinski definition) is 3. The van der Waals surface area contributed by atoms with Gasteiger partial charge in [0.2, 0.25) is 0 Å². The zero-order chi connectivity index (χ0) is 17.4. The second-order valence-electron chi connectivity index (χ2n) is 5.19. The quantitative estimate of drug-likeness (QED) is 0.357. The minimum atomic E-state index is -0.256. The smallest absolute Gasteiger partial charge is 0.193 e. The molecule has 0 saturated carbocycles. The van der Waals surface area contributed by atoms with E-state index < -0.39 is 0 Å². The molecule has 0 bridgehead atoms. The molecule has 136 valence electrons. The van der Waals surface area contributed by atoms with Gasteiger partial charge in [-0.1, -0.05) is 48.0 Å². The molecule has 0 amide bonds. The maximum absolute atomic E-state index is 6.21. The number of nitrogens with one attached hydrogen (secondary N) is 1. The monoisotopic (exact) mass is 475 g/mol. The van der Waals surface area contributed by atoms with E-state index in [0.717, 1.165) is 16.8 Å². The Morgan fingerprint density at radius 2 is 1.84 bits per heavy atom. The number of nitrogens with two attached hydrogens (primary N) is 1. The molecule has 0 spiro atoms. The summed E-state index contributed by atoms with van der Waals surface area (Å²) in [5.41, 5.74) is 8.76. The van der Waals surface area contributed by atoms with Crippen LogP contribution < -0.4 is 11.1 Å². The second kappa shape index (κ2) is 11.3. The van der Waals surface area contributed by atoms with E-state index in [0.29, 0.717) is 24.1 Å². The summed E-state index contributed by atoms with van der Waals surface area (Å²) in [6.45, 7) is 0.863. The number of halogens is 2. The van der Waals surface area contributed by atoms with Crippen LogP contribution in [0.25, 0.3) is 0 Å². The Hall–Kier alpha value is -1.35. The Morgan fingerprint density at radius 3 is 2.52 bits per heavy atom. The summed E-state index contributed by atoms with van der Waals surface area (Å²) < 4.78 is 10.7. The molecule has 2 rings (SSSR count). The Morgan fingerprint density at radius 1 is 1.16 bits per heavy atom. The molecule has 1 unspecified atom stereocenters. The van der Waals surface area contributed by atoms with Gasteiger partial charge in [0.1, 0.15) is 6.10 Å². The van der Waals surface area contributed by atoms with Gasteiger partial charge in [-0.2, -0.15) is 0 Å². The van der Waals surface area contributed by atoms with Gasteiger partial charge in [-0.15, -0.1) is 24.0 Å². The van der Waals surface area contributed by atoms with Gasteiger partial charge in [0.05, 0.1) is 13.2 Å². The molecule has 0 saturated heterocycles. The van der Waals surface area contributed by atoms with Crippen molar-refractivity contribution in [1.82, 2.24) is 0 Å². The minimum absolute atomic E-state index is 0. The lowest BCUT2D eigenvalue weighted by Crippen LogP contribution is -2.24. The van der Waals surface area contributed by atoms with Crippen molar-refractivity contribution in [2.75, 3.05) is 26.1 Å². The highest BCUT2D eigenvalue weighted by molar-refractivity contribution is 14.0. The van der Waals surface area contributed by atoms with Crippen LogP contribution in [0.2, 0.25) is 5.02 Å². The molecule has 0 fully saturated rings. The molecule has 3 N–H and O–H groups in total. The van der Waals surface area contributed by atoms with Gasteiger partial charge in [-0.3, -0.25) is 4.99 Å². The molecule has 1 atom stereocenters. The Kier molecular flexibility index (Phi) is 9.81. The van der Waals surface area contributed by atoms with Crippen molar-refractivity contribution in [3.63, 3.8) is 0 Å². The highest BCUT2D eigenvalue weighted by Gasteiger charge is 2.13. The van der Waals surface area contributed by atoms with Gasteiger partial charge in [-0.25, -0.2) is 0 Å². The Balaban J connectivity index is 0.00000312. The third kappa shape index (κ3) is 6.47. The summed E-state index contributed by atoms with van der Waals surface area (Å²) in [5, 5.41) is 3.75. The predicted molar refractivity (Wildman–Crippen MR) is 114 cm³/mol. The van der Waals surface area contributed by atoms with Crippen LogP contribution in [-0.2, 0) is 16.1 Å². The third-order valence-electron chi connectivity index (χ3n) is 3.54. The van der Waals surface area contributed by atoms with Gasteiger partial charge >= 0.3 is 0 Å². The van der Waals surface area contributed by atoms with E-state index in [4.69, 9.17) is 26.8 Å². The average Bonchev–Trinajstić information content (AvgIpc) is 2.59. The van der Waals surface area contributed by atoms with Crippen LogP contribution in [0, 0.1) is 0 Å². The number of para-hydroxylation sites is 1. The third-order valence-corrected chi connectivity index (χ3v) is 3.89. The molecule has 0 heterocycles. The Labute approximate surface area is 170 Å². The zero-order valence-electron chi connectivity index (χ0n) is 14.2. The molecular formula is C18H23ClIN3O2. The first-order valence-electron chi connectivity index (χ1n) is 7.56. The lowest BCUT2D eigenvalue weighted by Gasteiger charge is -2.16. The predicted octanol–water partition coefficient (Wildman–Crippen LogP) is 4.22. The molecule has 2 aromatic rings. The van der Waals surface area contributed by atoms with Crippen LogP contribution in [0.3, 0.4) is 0 Å². The lowest BCUT2D eigenvalue weighted by molar-refractivity contribution is 0.111. The molecule has 5 nitrogen and oxygen atoms in total. The number of methoxy groups -OCH3 is 2. The molecule has 2 aromatic carbocycles. The van der Waals surface area contributed by atoms with E-state index in [1.54, 1.807) is 14.2 Å². The summed E-state index contributed by atoms with van der Waals surface area (Å²) in [5.74, 6) is 0.313. The van der Waals surface area contributed by atoms with E-state index >= 15 is 0 Å². The van der Waals surface area contributed by atoms with E-state index in [1.807, 2.05) is 48.5 Å². The number of rotatable bonds is 7. The number of aliphatic imine (C=N–C) groups is 1. The lowest BCUT2D eigenvalue weighted by atomic mass is 10.1. The van der Waals surface area contributed by atoms with E-state index in [-0.39, 0.29) is 30.1 Å². The highest BCUT2D eigenvalue weighted by Crippen LogP contribution is 2.25. The summed E-state index contributed by atoms with van der Waals surface area (Å²) in [6.07, 6.45) is -0.256. The van der Waals surface area contributed by atoms with Crippen molar-refractivity contribution in [1.29, 1.82) is 0 Å². The van der Waals surface area contributed by atoms with Gasteiger partial charge in [0.15, 0.2) is 5.96 Å². The molecule has 7 heteroatoms. The second-order valence-corrected chi connectivity index (χ2v) is 5.59. The molecule has 0 aliphatic carbocycles.